The molecule has 0 saturated carbocycles. The van der Waals surface area contributed by atoms with E-state index in [-0.39, 0.29) is 11.0 Å². The summed E-state index contributed by atoms with van der Waals surface area (Å²) in [7, 11) is 0. The summed E-state index contributed by atoms with van der Waals surface area (Å²) in [5.41, 5.74) is 5.03. The van der Waals surface area contributed by atoms with Gasteiger partial charge in [-0.15, -0.1) is 0 Å². The van der Waals surface area contributed by atoms with Crippen molar-refractivity contribution in [2.24, 2.45) is 0 Å². The van der Waals surface area contributed by atoms with Gasteiger partial charge in [-0.2, -0.15) is 9.50 Å². The molecule has 0 aliphatic carbocycles. The first-order valence-electron chi connectivity index (χ1n) is 10.3. The fourth-order valence-corrected chi connectivity index (χ4v) is 3.46. The number of aromatic nitrogens is 4. The first-order valence-corrected chi connectivity index (χ1v) is 10.3. The third-order valence-electron chi connectivity index (χ3n) is 5.27. The van der Waals surface area contributed by atoms with Gasteiger partial charge in [0.1, 0.15) is 0 Å². The van der Waals surface area contributed by atoms with Crippen molar-refractivity contribution in [1.82, 2.24) is 19.6 Å². The summed E-state index contributed by atoms with van der Waals surface area (Å²) in [6.07, 6.45) is 0.940. The second-order valence-electron chi connectivity index (χ2n) is 8.48. The molecule has 0 aliphatic rings. The molecule has 0 unspecified atom stereocenters. The van der Waals surface area contributed by atoms with E-state index in [4.69, 9.17) is 0 Å². The number of fused-ring (bicyclic) bond motifs is 1. The standard InChI is InChI=1S/C24H27N5O/c1-5-16-8-6-7-9-20(16)25-15-19-14-21(30)29-23(26-19)27-22(28-29)17-10-12-18(13-11-17)24(2,3)4/h6-14,25H,5,15H2,1-4H3,(H,26,27,28). The van der Waals surface area contributed by atoms with Crippen molar-refractivity contribution in [2.45, 2.75) is 46.1 Å². The van der Waals surface area contributed by atoms with Crippen LogP contribution in [0.2, 0.25) is 0 Å². The van der Waals surface area contributed by atoms with Crippen LogP contribution in [0.5, 0.6) is 0 Å². The van der Waals surface area contributed by atoms with E-state index < -0.39 is 0 Å². The minimum Gasteiger partial charge on any atom is -0.379 e. The Kier molecular flexibility index (Phi) is 5.16. The van der Waals surface area contributed by atoms with Crippen molar-refractivity contribution in [3.05, 3.63) is 81.8 Å². The zero-order valence-corrected chi connectivity index (χ0v) is 17.9. The van der Waals surface area contributed by atoms with Crippen molar-refractivity contribution in [2.75, 3.05) is 5.32 Å². The lowest BCUT2D eigenvalue weighted by molar-refractivity contribution is 0.590. The molecule has 2 aromatic heterocycles. The molecule has 0 amide bonds. The molecule has 0 aliphatic heterocycles. The molecule has 2 N–H and O–H groups in total. The summed E-state index contributed by atoms with van der Waals surface area (Å²) in [6.45, 7) is 9.13. The summed E-state index contributed by atoms with van der Waals surface area (Å²) in [6, 6.07) is 17.9. The molecule has 4 rings (SSSR count). The molecule has 6 nitrogen and oxygen atoms in total. The van der Waals surface area contributed by atoms with E-state index in [2.05, 4.69) is 66.3 Å². The Morgan fingerprint density at radius 1 is 1.03 bits per heavy atom. The molecule has 0 fully saturated rings. The number of nitrogens with zero attached hydrogens (tertiary/aromatic N) is 3. The smallest absolute Gasteiger partial charge is 0.274 e. The van der Waals surface area contributed by atoms with Crippen LogP contribution in [0.25, 0.3) is 17.2 Å². The van der Waals surface area contributed by atoms with Gasteiger partial charge in [-0.3, -0.25) is 9.89 Å². The average molecular weight is 402 g/mol. The van der Waals surface area contributed by atoms with Crippen molar-refractivity contribution in [1.29, 1.82) is 0 Å². The van der Waals surface area contributed by atoms with Crippen LogP contribution in [0.3, 0.4) is 0 Å². The zero-order chi connectivity index (χ0) is 21.3. The van der Waals surface area contributed by atoms with Crippen LogP contribution in [0.4, 0.5) is 5.69 Å². The molecule has 4 aromatic rings. The Balaban J connectivity index is 1.61. The summed E-state index contributed by atoms with van der Waals surface area (Å²) in [5, 5.41) is 6.45. The molecule has 6 heteroatoms. The lowest BCUT2D eigenvalue weighted by Crippen LogP contribution is -2.17. The van der Waals surface area contributed by atoms with Gasteiger partial charge in [-0.1, -0.05) is 70.2 Å². The highest BCUT2D eigenvalue weighted by molar-refractivity contribution is 5.58. The Bertz CT molecular complexity index is 1230. The molecule has 0 bridgehead atoms. The highest BCUT2D eigenvalue weighted by atomic mass is 16.1. The third kappa shape index (κ3) is 3.99. The van der Waals surface area contributed by atoms with Gasteiger partial charge in [-0.05, 0) is 29.0 Å². The number of hydrogen-bond donors (Lipinski definition) is 2. The SMILES string of the molecule is CCc1ccccc1NCc1cc(=O)n2[nH]c(-c3ccc(C(C)(C)C)cc3)nc2n1. The molecular formula is C24H27N5O. The number of H-pyrrole nitrogens is 1. The van der Waals surface area contributed by atoms with E-state index in [0.29, 0.717) is 23.8 Å². The van der Waals surface area contributed by atoms with Crippen LogP contribution in [0, 0.1) is 0 Å². The number of benzene rings is 2. The maximum absolute atomic E-state index is 12.6. The Hall–Kier alpha value is -3.41. The van der Waals surface area contributed by atoms with Gasteiger partial charge >= 0.3 is 0 Å². The Morgan fingerprint density at radius 2 is 1.77 bits per heavy atom. The Labute approximate surface area is 176 Å². The van der Waals surface area contributed by atoms with E-state index >= 15 is 0 Å². The highest BCUT2D eigenvalue weighted by Crippen LogP contribution is 2.25. The number of aryl methyl sites for hydroxylation is 1. The van der Waals surface area contributed by atoms with Gasteiger partial charge in [0.2, 0.25) is 0 Å². The normalized spacial score (nSPS) is 11.7. The van der Waals surface area contributed by atoms with E-state index in [9.17, 15) is 4.79 Å². The average Bonchev–Trinajstić information content (AvgIpc) is 3.17. The number of aromatic amines is 1. The highest BCUT2D eigenvalue weighted by Gasteiger charge is 2.14. The topological polar surface area (TPSA) is 75.1 Å². The number of rotatable bonds is 5. The van der Waals surface area contributed by atoms with Crippen LogP contribution < -0.4 is 10.9 Å². The van der Waals surface area contributed by atoms with E-state index in [0.717, 1.165) is 17.7 Å². The third-order valence-corrected chi connectivity index (χ3v) is 5.27. The molecule has 2 aromatic carbocycles. The van der Waals surface area contributed by atoms with E-state index in [1.165, 1.54) is 15.6 Å². The van der Waals surface area contributed by atoms with Crippen molar-refractivity contribution in [3.8, 4) is 11.4 Å². The molecule has 154 valence electrons. The monoisotopic (exact) mass is 401 g/mol. The van der Waals surface area contributed by atoms with Gasteiger partial charge in [0.25, 0.3) is 11.3 Å². The lowest BCUT2D eigenvalue weighted by Gasteiger charge is -2.18. The van der Waals surface area contributed by atoms with Crippen LogP contribution >= 0.6 is 0 Å². The largest absolute Gasteiger partial charge is 0.379 e. The predicted octanol–water partition coefficient (Wildman–Crippen LogP) is 4.56. The fourth-order valence-electron chi connectivity index (χ4n) is 3.46. The van der Waals surface area contributed by atoms with Crippen LogP contribution in [-0.4, -0.2) is 19.6 Å². The van der Waals surface area contributed by atoms with Gasteiger partial charge in [0, 0.05) is 17.3 Å². The lowest BCUT2D eigenvalue weighted by atomic mass is 9.87. The molecular weight excluding hydrogens is 374 g/mol. The maximum Gasteiger partial charge on any atom is 0.274 e. The van der Waals surface area contributed by atoms with Gasteiger partial charge in [0.15, 0.2) is 5.82 Å². The van der Waals surface area contributed by atoms with Crippen LogP contribution in [0.1, 0.15) is 44.5 Å². The summed E-state index contributed by atoms with van der Waals surface area (Å²) >= 11 is 0. The summed E-state index contributed by atoms with van der Waals surface area (Å²) in [5.74, 6) is 1.000. The first-order chi connectivity index (χ1) is 14.3. The Morgan fingerprint density at radius 3 is 2.47 bits per heavy atom. The fraction of sp³-hybridized carbons (Fsp3) is 0.292. The van der Waals surface area contributed by atoms with Gasteiger partial charge in [0.05, 0.1) is 12.2 Å². The maximum atomic E-state index is 12.6. The van der Waals surface area contributed by atoms with Crippen molar-refractivity contribution >= 4 is 11.5 Å². The van der Waals surface area contributed by atoms with Gasteiger partial charge < -0.3 is 5.32 Å². The van der Waals surface area contributed by atoms with Crippen molar-refractivity contribution in [3.63, 3.8) is 0 Å². The molecule has 0 atom stereocenters. The number of nitrogens with one attached hydrogen (secondary N) is 2. The quantitative estimate of drug-likeness (QED) is 0.514. The minimum absolute atomic E-state index is 0.0865. The molecule has 2 heterocycles. The van der Waals surface area contributed by atoms with Crippen LogP contribution in [-0.2, 0) is 18.4 Å². The zero-order valence-electron chi connectivity index (χ0n) is 17.9. The van der Waals surface area contributed by atoms with E-state index in [1.54, 1.807) is 6.07 Å². The minimum atomic E-state index is -0.175. The first kappa shape index (κ1) is 19.9. The van der Waals surface area contributed by atoms with Crippen LogP contribution in [0.15, 0.2) is 59.4 Å². The number of hydrogen-bond acceptors (Lipinski definition) is 4. The summed E-state index contributed by atoms with van der Waals surface area (Å²) < 4.78 is 1.39. The second kappa shape index (κ2) is 7.78. The second-order valence-corrected chi connectivity index (χ2v) is 8.48. The number of para-hydroxylation sites is 1. The van der Waals surface area contributed by atoms with E-state index in [1.807, 2.05) is 30.3 Å². The molecule has 0 spiro atoms. The number of anilines is 1. The predicted molar refractivity (Wildman–Crippen MR) is 121 cm³/mol. The summed E-state index contributed by atoms with van der Waals surface area (Å²) in [4.78, 5) is 21.7. The molecule has 0 radical (unpaired) electrons. The van der Waals surface area contributed by atoms with Gasteiger partial charge in [-0.25, -0.2) is 4.98 Å². The molecule has 30 heavy (non-hydrogen) atoms. The van der Waals surface area contributed by atoms with Crippen molar-refractivity contribution < 1.29 is 0 Å². The molecule has 0 saturated heterocycles.